The maximum absolute atomic E-state index is 14.5. The number of nitrogens with zero attached hydrogens (tertiary/aromatic N) is 1. The number of hydrogen-bond donors (Lipinski definition) is 1. The molecule has 23 heavy (non-hydrogen) atoms. The number of benzene rings is 2. The molecule has 1 amide bonds. The van der Waals surface area contributed by atoms with Crippen LogP contribution in [-0.4, -0.2) is 25.7 Å². The summed E-state index contributed by atoms with van der Waals surface area (Å²) < 4.78 is 14.5. The number of carbonyl (C=O) groups is 1. The largest absolute Gasteiger partial charge is 0.371 e. The molecule has 1 aliphatic heterocycles. The third-order valence-corrected chi connectivity index (χ3v) is 4.50. The van der Waals surface area contributed by atoms with Crippen molar-refractivity contribution in [3.63, 3.8) is 0 Å². The molecule has 0 bridgehead atoms. The highest BCUT2D eigenvalue weighted by molar-refractivity contribution is 6.36. The zero-order valence-electron chi connectivity index (χ0n) is 12.4. The summed E-state index contributed by atoms with van der Waals surface area (Å²) in [4.78, 5) is 14.3. The molecule has 0 spiro atoms. The highest BCUT2D eigenvalue weighted by atomic mass is 35.5. The fourth-order valence-electron chi connectivity index (χ4n) is 2.82. The minimum Gasteiger partial charge on any atom is -0.371 e. The van der Waals surface area contributed by atoms with Crippen LogP contribution in [-0.2, 0) is 0 Å². The van der Waals surface area contributed by atoms with E-state index in [9.17, 15) is 9.18 Å². The number of hydrogen-bond acceptors (Lipinski definition) is 2. The van der Waals surface area contributed by atoms with Crippen LogP contribution in [0.1, 0.15) is 22.0 Å². The van der Waals surface area contributed by atoms with Gasteiger partial charge in [-0.25, -0.2) is 4.39 Å². The molecule has 0 saturated heterocycles. The lowest BCUT2D eigenvalue weighted by Gasteiger charge is -2.36. The first-order chi connectivity index (χ1) is 11.0. The van der Waals surface area contributed by atoms with E-state index >= 15 is 0 Å². The minimum absolute atomic E-state index is 0.219. The number of amides is 1. The van der Waals surface area contributed by atoms with E-state index in [1.807, 2.05) is 36.2 Å². The monoisotopic (exact) mass is 352 g/mol. The molecule has 0 radical (unpaired) electrons. The number of rotatable bonds is 2. The van der Waals surface area contributed by atoms with Gasteiger partial charge < -0.3 is 10.2 Å². The van der Waals surface area contributed by atoms with Crippen LogP contribution in [0.5, 0.6) is 0 Å². The quantitative estimate of drug-likeness (QED) is 0.875. The summed E-state index contributed by atoms with van der Waals surface area (Å²) in [7, 11) is 1.83. The van der Waals surface area contributed by atoms with E-state index in [1.54, 1.807) is 6.07 Å². The van der Waals surface area contributed by atoms with Gasteiger partial charge in [0.1, 0.15) is 6.17 Å². The van der Waals surface area contributed by atoms with Crippen LogP contribution in [0.4, 0.5) is 10.1 Å². The van der Waals surface area contributed by atoms with Gasteiger partial charge in [-0.05, 0) is 24.3 Å². The average Bonchev–Trinajstić information content (AvgIpc) is 2.51. The van der Waals surface area contributed by atoms with Crippen LogP contribution in [0.15, 0.2) is 42.5 Å². The molecule has 0 aliphatic carbocycles. The fraction of sp³-hybridized carbons (Fsp3) is 0.235. The predicted molar refractivity (Wildman–Crippen MR) is 91.3 cm³/mol. The predicted octanol–water partition coefficient (Wildman–Crippen LogP) is 4.25. The fourth-order valence-corrected chi connectivity index (χ4v) is 3.31. The van der Waals surface area contributed by atoms with Crippen molar-refractivity contribution in [2.45, 2.75) is 12.2 Å². The summed E-state index contributed by atoms with van der Waals surface area (Å²) in [5.41, 5.74) is 1.95. The number of carbonyl (C=O) groups excluding carboxylic acids is 1. The van der Waals surface area contributed by atoms with Gasteiger partial charge in [-0.3, -0.25) is 4.79 Å². The van der Waals surface area contributed by atoms with Crippen LogP contribution in [0.2, 0.25) is 10.0 Å². The van der Waals surface area contributed by atoms with Gasteiger partial charge in [-0.15, -0.1) is 0 Å². The molecule has 2 aromatic carbocycles. The first kappa shape index (κ1) is 16.1. The highest BCUT2D eigenvalue weighted by Gasteiger charge is 2.33. The number of halogens is 3. The molecule has 6 heteroatoms. The molecule has 2 atom stereocenters. The average molecular weight is 353 g/mol. The Balaban J connectivity index is 1.90. The molecular weight excluding hydrogens is 338 g/mol. The Morgan fingerprint density at radius 3 is 2.74 bits per heavy atom. The Labute approximate surface area is 144 Å². The van der Waals surface area contributed by atoms with Crippen LogP contribution in [0.3, 0.4) is 0 Å². The Morgan fingerprint density at radius 2 is 2.00 bits per heavy atom. The van der Waals surface area contributed by atoms with Crippen molar-refractivity contribution in [2.75, 3.05) is 18.5 Å². The second-order valence-electron chi connectivity index (χ2n) is 5.53. The van der Waals surface area contributed by atoms with E-state index in [2.05, 4.69) is 5.32 Å². The summed E-state index contributed by atoms with van der Waals surface area (Å²) in [6.07, 6.45) is -1.20. The highest BCUT2D eigenvalue weighted by Crippen LogP contribution is 2.34. The van der Waals surface area contributed by atoms with E-state index in [0.29, 0.717) is 5.02 Å². The van der Waals surface area contributed by atoms with Gasteiger partial charge in [-0.1, -0.05) is 41.4 Å². The second kappa shape index (κ2) is 6.38. The van der Waals surface area contributed by atoms with E-state index in [1.165, 1.54) is 12.1 Å². The number of nitrogens with one attached hydrogen (secondary N) is 1. The van der Waals surface area contributed by atoms with Crippen molar-refractivity contribution >= 4 is 34.8 Å². The van der Waals surface area contributed by atoms with Gasteiger partial charge in [0.2, 0.25) is 0 Å². The van der Waals surface area contributed by atoms with Gasteiger partial charge in [0.05, 0.1) is 23.2 Å². The lowest BCUT2D eigenvalue weighted by atomic mass is 9.95. The molecule has 1 N–H and O–H groups in total. The topological polar surface area (TPSA) is 32.3 Å². The standard InChI is InChI=1S/C17H15Cl2FN2O/c1-22-9-14(20)16(12-4-2-3-5-15(12)22)21-17(23)11-7-6-10(18)8-13(11)19/h2-8,14,16H,9H2,1H3,(H,21,23). The smallest absolute Gasteiger partial charge is 0.253 e. The van der Waals surface area contributed by atoms with E-state index in [0.717, 1.165) is 11.3 Å². The Bertz CT molecular complexity index is 753. The van der Waals surface area contributed by atoms with Crippen LogP contribution < -0.4 is 10.2 Å². The van der Waals surface area contributed by atoms with Crippen LogP contribution >= 0.6 is 23.2 Å². The molecule has 0 saturated carbocycles. The summed E-state index contributed by atoms with van der Waals surface area (Å²) in [6, 6.07) is 11.4. The van der Waals surface area contributed by atoms with Gasteiger partial charge in [0.15, 0.2) is 0 Å². The Morgan fingerprint density at radius 1 is 1.26 bits per heavy atom. The second-order valence-corrected chi connectivity index (χ2v) is 6.37. The number of anilines is 1. The van der Waals surface area contributed by atoms with Crippen molar-refractivity contribution in [2.24, 2.45) is 0 Å². The van der Waals surface area contributed by atoms with Crippen LogP contribution in [0.25, 0.3) is 0 Å². The van der Waals surface area contributed by atoms with E-state index in [-0.39, 0.29) is 17.1 Å². The summed E-state index contributed by atoms with van der Waals surface area (Å²) in [5.74, 6) is -0.418. The van der Waals surface area contributed by atoms with Crippen molar-refractivity contribution in [1.29, 1.82) is 0 Å². The number of para-hydroxylation sites is 1. The molecule has 3 nitrogen and oxygen atoms in total. The third kappa shape index (κ3) is 3.14. The molecule has 1 aliphatic rings. The molecule has 1 heterocycles. The van der Waals surface area contributed by atoms with Crippen molar-refractivity contribution < 1.29 is 9.18 Å². The molecule has 3 rings (SSSR count). The van der Waals surface area contributed by atoms with E-state index in [4.69, 9.17) is 23.2 Å². The van der Waals surface area contributed by atoms with Crippen molar-refractivity contribution in [1.82, 2.24) is 5.32 Å². The molecule has 0 aromatic heterocycles. The van der Waals surface area contributed by atoms with Gasteiger partial charge in [-0.2, -0.15) is 0 Å². The van der Waals surface area contributed by atoms with Crippen molar-refractivity contribution in [3.05, 3.63) is 63.6 Å². The van der Waals surface area contributed by atoms with Gasteiger partial charge in [0.25, 0.3) is 5.91 Å². The SMILES string of the molecule is CN1CC(F)C(NC(=O)c2ccc(Cl)cc2Cl)c2ccccc21. The summed E-state index contributed by atoms with van der Waals surface area (Å²) >= 11 is 11.9. The Hall–Kier alpha value is -1.78. The zero-order chi connectivity index (χ0) is 16.6. The van der Waals surface area contributed by atoms with Gasteiger partial charge in [0, 0.05) is 23.3 Å². The third-order valence-electron chi connectivity index (χ3n) is 3.96. The molecule has 2 aromatic rings. The lowest BCUT2D eigenvalue weighted by molar-refractivity contribution is 0.0907. The van der Waals surface area contributed by atoms with E-state index < -0.39 is 18.1 Å². The summed E-state index contributed by atoms with van der Waals surface area (Å²) in [6.45, 7) is 0.219. The first-order valence-corrected chi connectivity index (χ1v) is 7.93. The minimum atomic E-state index is -1.20. The molecule has 120 valence electrons. The zero-order valence-corrected chi connectivity index (χ0v) is 13.9. The maximum atomic E-state index is 14.5. The van der Waals surface area contributed by atoms with Gasteiger partial charge >= 0.3 is 0 Å². The number of fused-ring (bicyclic) bond motifs is 1. The summed E-state index contributed by atoms with van der Waals surface area (Å²) in [5, 5.41) is 3.44. The lowest BCUT2D eigenvalue weighted by Crippen LogP contribution is -2.44. The Kier molecular flexibility index (Phi) is 4.46. The normalized spacial score (nSPS) is 20.1. The first-order valence-electron chi connectivity index (χ1n) is 7.17. The maximum Gasteiger partial charge on any atom is 0.253 e. The van der Waals surface area contributed by atoms with Crippen LogP contribution in [0, 0.1) is 0 Å². The van der Waals surface area contributed by atoms with Crippen molar-refractivity contribution in [3.8, 4) is 0 Å². The number of alkyl halides is 1. The molecule has 2 unspecified atom stereocenters. The molecule has 0 fully saturated rings. The molecular formula is C17H15Cl2FN2O.